The third-order valence-corrected chi connectivity index (χ3v) is 4.74. The summed E-state index contributed by atoms with van der Waals surface area (Å²) in [6, 6.07) is 21.2. The van der Waals surface area contributed by atoms with Gasteiger partial charge in [-0.2, -0.15) is 0 Å². The van der Waals surface area contributed by atoms with Gasteiger partial charge in [0.25, 0.3) is 0 Å². The predicted octanol–water partition coefficient (Wildman–Crippen LogP) is 4.11. The number of esters is 1. The molecule has 4 rings (SSSR count). The van der Waals surface area contributed by atoms with E-state index in [1.165, 1.54) is 0 Å². The molecule has 4 heteroatoms. The van der Waals surface area contributed by atoms with Gasteiger partial charge in [-0.1, -0.05) is 48.0 Å². The first kappa shape index (κ1) is 16.3. The van der Waals surface area contributed by atoms with Gasteiger partial charge in [0.2, 0.25) is 5.91 Å². The number of nitrogens with zero attached hydrogens (tertiary/aromatic N) is 1. The van der Waals surface area contributed by atoms with E-state index in [-0.39, 0.29) is 18.3 Å². The highest BCUT2D eigenvalue weighted by Crippen LogP contribution is 2.27. The summed E-state index contributed by atoms with van der Waals surface area (Å²) in [5, 5.41) is 2.11. The molecule has 1 aliphatic heterocycles. The number of amides is 1. The molecule has 0 bridgehead atoms. The van der Waals surface area contributed by atoms with Crippen molar-refractivity contribution < 1.29 is 14.3 Å². The molecule has 0 N–H and O–H groups in total. The van der Waals surface area contributed by atoms with E-state index in [9.17, 15) is 9.59 Å². The van der Waals surface area contributed by atoms with Crippen LogP contribution >= 0.6 is 0 Å². The average molecular weight is 345 g/mol. The predicted molar refractivity (Wildman–Crippen MR) is 101 cm³/mol. The number of rotatable bonds is 3. The molecule has 1 atom stereocenters. The summed E-state index contributed by atoms with van der Waals surface area (Å²) in [7, 11) is 0. The van der Waals surface area contributed by atoms with Crippen molar-refractivity contribution in [1.82, 2.24) is 0 Å². The largest absolute Gasteiger partial charge is 0.426 e. The van der Waals surface area contributed by atoms with Crippen LogP contribution in [-0.2, 0) is 9.59 Å². The van der Waals surface area contributed by atoms with Crippen molar-refractivity contribution in [2.45, 2.75) is 13.3 Å². The van der Waals surface area contributed by atoms with Gasteiger partial charge in [0, 0.05) is 18.7 Å². The second-order valence-electron chi connectivity index (χ2n) is 6.67. The van der Waals surface area contributed by atoms with Crippen molar-refractivity contribution in [3.05, 3.63) is 72.3 Å². The van der Waals surface area contributed by atoms with E-state index in [1.807, 2.05) is 67.6 Å². The molecule has 1 heterocycles. The van der Waals surface area contributed by atoms with Gasteiger partial charge in [0.1, 0.15) is 5.75 Å². The highest BCUT2D eigenvalue weighted by atomic mass is 16.5. The Hall–Kier alpha value is -3.14. The molecule has 130 valence electrons. The van der Waals surface area contributed by atoms with Crippen LogP contribution in [0.15, 0.2) is 66.7 Å². The molecule has 3 aromatic carbocycles. The molecular weight excluding hydrogens is 326 g/mol. The Labute approximate surface area is 152 Å². The number of benzene rings is 3. The number of carbonyl (C=O) groups is 2. The number of hydrogen-bond donors (Lipinski definition) is 0. The Morgan fingerprint density at radius 1 is 1.00 bits per heavy atom. The van der Waals surface area contributed by atoms with Gasteiger partial charge in [-0.25, -0.2) is 0 Å². The van der Waals surface area contributed by atoms with Gasteiger partial charge in [0.05, 0.1) is 5.92 Å². The number of fused-ring (bicyclic) bond motifs is 1. The molecule has 0 aromatic heterocycles. The van der Waals surface area contributed by atoms with E-state index in [1.54, 1.807) is 11.0 Å². The normalized spacial score (nSPS) is 16.9. The lowest BCUT2D eigenvalue weighted by Crippen LogP contribution is -2.27. The molecular formula is C22H19NO3. The molecule has 0 spiro atoms. The van der Waals surface area contributed by atoms with Crippen LogP contribution in [0.1, 0.15) is 12.0 Å². The van der Waals surface area contributed by atoms with Crippen LogP contribution in [0.2, 0.25) is 0 Å². The average Bonchev–Trinajstić information content (AvgIpc) is 3.04. The van der Waals surface area contributed by atoms with E-state index in [0.29, 0.717) is 12.3 Å². The Bertz CT molecular complexity index is 978. The second kappa shape index (κ2) is 6.64. The number of ether oxygens (including phenoxy) is 1. The highest BCUT2D eigenvalue weighted by molar-refractivity contribution is 5.99. The van der Waals surface area contributed by atoms with Crippen LogP contribution in [0.5, 0.6) is 5.75 Å². The van der Waals surface area contributed by atoms with E-state index in [0.717, 1.165) is 22.0 Å². The van der Waals surface area contributed by atoms with Crippen LogP contribution in [0.25, 0.3) is 10.8 Å². The lowest BCUT2D eigenvalue weighted by atomic mass is 10.1. The number of carbonyl (C=O) groups excluding carboxylic acids is 2. The zero-order valence-electron chi connectivity index (χ0n) is 14.5. The van der Waals surface area contributed by atoms with Gasteiger partial charge in [-0.05, 0) is 42.0 Å². The monoisotopic (exact) mass is 345 g/mol. The highest BCUT2D eigenvalue weighted by Gasteiger charge is 2.36. The SMILES string of the molecule is Cc1ccc(N2CC(C(=O)Oc3ccc4ccccc4c3)CC2=O)cc1. The van der Waals surface area contributed by atoms with E-state index in [2.05, 4.69) is 0 Å². The van der Waals surface area contributed by atoms with Crippen molar-refractivity contribution in [3.8, 4) is 5.75 Å². The standard InChI is InChI=1S/C22H19NO3/c1-15-6-9-19(10-7-15)23-14-18(13-21(23)24)22(25)26-20-11-8-16-4-2-3-5-17(16)12-20/h2-12,18H,13-14H2,1H3. The van der Waals surface area contributed by atoms with Crippen LogP contribution in [-0.4, -0.2) is 18.4 Å². The lowest BCUT2D eigenvalue weighted by molar-refractivity contribution is -0.139. The summed E-state index contributed by atoms with van der Waals surface area (Å²) in [6.45, 7) is 2.35. The van der Waals surface area contributed by atoms with Crippen LogP contribution in [0.4, 0.5) is 5.69 Å². The first-order chi connectivity index (χ1) is 12.6. The van der Waals surface area contributed by atoms with Crippen molar-refractivity contribution in [3.63, 3.8) is 0 Å². The Balaban J connectivity index is 1.48. The van der Waals surface area contributed by atoms with E-state index >= 15 is 0 Å². The Morgan fingerprint density at radius 3 is 2.50 bits per heavy atom. The summed E-state index contributed by atoms with van der Waals surface area (Å²) >= 11 is 0. The van der Waals surface area contributed by atoms with E-state index < -0.39 is 5.92 Å². The zero-order chi connectivity index (χ0) is 18.1. The molecule has 1 fully saturated rings. The molecule has 1 aliphatic rings. The number of anilines is 1. The lowest BCUT2D eigenvalue weighted by Gasteiger charge is -2.16. The fourth-order valence-corrected chi connectivity index (χ4v) is 3.27. The summed E-state index contributed by atoms with van der Waals surface area (Å²) in [5.41, 5.74) is 1.95. The first-order valence-electron chi connectivity index (χ1n) is 8.68. The van der Waals surface area contributed by atoms with Gasteiger partial charge in [-0.15, -0.1) is 0 Å². The molecule has 0 saturated carbocycles. The molecule has 26 heavy (non-hydrogen) atoms. The van der Waals surface area contributed by atoms with Crippen LogP contribution in [0.3, 0.4) is 0 Å². The molecule has 4 nitrogen and oxygen atoms in total. The molecule has 0 radical (unpaired) electrons. The topological polar surface area (TPSA) is 46.6 Å². The molecule has 3 aromatic rings. The fraction of sp³-hybridized carbons (Fsp3) is 0.182. The van der Waals surface area contributed by atoms with Gasteiger partial charge in [-0.3, -0.25) is 9.59 Å². The molecule has 1 unspecified atom stereocenters. The van der Waals surface area contributed by atoms with Crippen molar-refractivity contribution in [2.24, 2.45) is 5.92 Å². The van der Waals surface area contributed by atoms with Crippen molar-refractivity contribution >= 4 is 28.3 Å². The van der Waals surface area contributed by atoms with Crippen molar-refractivity contribution in [2.75, 3.05) is 11.4 Å². The summed E-state index contributed by atoms with van der Waals surface area (Å²) in [5.74, 6) is -0.345. The maximum absolute atomic E-state index is 12.5. The minimum atomic E-state index is -0.449. The minimum absolute atomic E-state index is 0.0469. The quantitative estimate of drug-likeness (QED) is 0.530. The Kier molecular flexibility index (Phi) is 4.17. The maximum Gasteiger partial charge on any atom is 0.316 e. The summed E-state index contributed by atoms with van der Waals surface area (Å²) in [4.78, 5) is 26.5. The number of aryl methyl sites for hydroxylation is 1. The second-order valence-corrected chi connectivity index (χ2v) is 6.67. The zero-order valence-corrected chi connectivity index (χ0v) is 14.5. The maximum atomic E-state index is 12.5. The van der Waals surface area contributed by atoms with E-state index in [4.69, 9.17) is 4.74 Å². The van der Waals surface area contributed by atoms with Crippen LogP contribution in [0, 0.1) is 12.8 Å². The molecule has 1 saturated heterocycles. The minimum Gasteiger partial charge on any atom is -0.426 e. The molecule has 1 amide bonds. The van der Waals surface area contributed by atoms with Gasteiger partial charge >= 0.3 is 5.97 Å². The smallest absolute Gasteiger partial charge is 0.316 e. The summed E-state index contributed by atoms with van der Waals surface area (Å²) < 4.78 is 5.54. The third-order valence-electron chi connectivity index (χ3n) is 4.74. The van der Waals surface area contributed by atoms with Gasteiger partial charge in [0.15, 0.2) is 0 Å². The van der Waals surface area contributed by atoms with Crippen LogP contribution < -0.4 is 9.64 Å². The van der Waals surface area contributed by atoms with Crippen molar-refractivity contribution in [1.29, 1.82) is 0 Å². The number of hydrogen-bond acceptors (Lipinski definition) is 3. The fourth-order valence-electron chi connectivity index (χ4n) is 3.27. The first-order valence-corrected chi connectivity index (χ1v) is 8.68. The summed E-state index contributed by atoms with van der Waals surface area (Å²) in [6.07, 6.45) is 0.181. The third kappa shape index (κ3) is 3.18. The molecule has 0 aliphatic carbocycles. The van der Waals surface area contributed by atoms with Gasteiger partial charge < -0.3 is 9.64 Å². The Morgan fingerprint density at radius 2 is 1.73 bits per heavy atom.